The van der Waals surface area contributed by atoms with Gasteiger partial charge in [-0.3, -0.25) is 4.79 Å². The van der Waals surface area contributed by atoms with Crippen molar-refractivity contribution in [2.45, 2.75) is 45.0 Å². The second-order valence-corrected chi connectivity index (χ2v) is 9.56. The Balaban J connectivity index is 1.48. The van der Waals surface area contributed by atoms with Crippen LogP contribution in [-0.2, 0) is 6.61 Å². The van der Waals surface area contributed by atoms with Gasteiger partial charge in [-0.15, -0.1) is 0 Å². The van der Waals surface area contributed by atoms with Gasteiger partial charge >= 0.3 is 6.18 Å². The van der Waals surface area contributed by atoms with Crippen LogP contribution in [0.1, 0.15) is 40.9 Å². The molecule has 0 unspecified atom stereocenters. The molecule has 0 saturated heterocycles. The number of para-hydroxylation sites is 1. The van der Waals surface area contributed by atoms with E-state index in [-0.39, 0.29) is 36.6 Å². The van der Waals surface area contributed by atoms with Crippen LogP contribution in [0.3, 0.4) is 0 Å². The first kappa shape index (κ1) is 27.2. The molecule has 1 aliphatic carbocycles. The van der Waals surface area contributed by atoms with Gasteiger partial charge in [-0.2, -0.15) is 18.3 Å². The molecular weight excluding hydrogens is 530 g/mol. The van der Waals surface area contributed by atoms with E-state index < -0.39 is 18.4 Å². The summed E-state index contributed by atoms with van der Waals surface area (Å²) in [6.07, 6.45) is -1.84. The topological polar surface area (TPSA) is 89.8 Å². The van der Waals surface area contributed by atoms with E-state index in [1.54, 1.807) is 24.4 Å². The molecule has 0 bridgehead atoms. The molecular formula is C28H27F4N5O3. The second kappa shape index (κ2) is 11.0. The standard InChI is InChI=1S/C28H27F4N5O3/c1-16-12-17(6-9-20(16)27(38)35-18-7-8-18)23-14-34-26-22(33-11-10-28(30,31)32)13-19(36-37(23)26)15-40-24-5-3-4-21(29)25(24)39-2/h3-6,9,12-14,18,33H,7-8,10-11,15H2,1-2H3,(H,35,38). The summed E-state index contributed by atoms with van der Waals surface area (Å²) in [6.45, 7) is 1.34. The van der Waals surface area contributed by atoms with Crippen molar-refractivity contribution in [2.24, 2.45) is 0 Å². The lowest BCUT2D eigenvalue weighted by atomic mass is 10.0. The average molecular weight is 558 g/mol. The van der Waals surface area contributed by atoms with Crippen LogP contribution < -0.4 is 20.1 Å². The van der Waals surface area contributed by atoms with Crippen LogP contribution in [0.2, 0.25) is 0 Å². The molecule has 1 aliphatic rings. The fraction of sp³-hybridized carbons (Fsp3) is 0.321. The summed E-state index contributed by atoms with van der Waals surface area (Å²) in [5, 5.41) is 10.4. The number of alkyl halides is 3. The number of hydrogen-bond donors (Lipinski definition) is 2. The minimum atomic E-state index is -4.33. The molecule has 40 heavy (non-hydrogen) atoms. The number of nitrogens with zero attached hydrogens (tertiary/aromatic N) is 3. The molecule has 2 N–H and O–H groups in total. The van der Waals surface area contributed by atoms with Crippen molar-refractivity contribution < 1.29 is 31.8 Å². The number of benzene rings is 2. The van der Waals surface area contributed by atoms with E-state index in [1.807, 2.05) is 13.0 Å². The first-order valence-electron chi connectivity index (χ1n) is 12.7. The number of methoxy groups -OCH3 is 1. The smallest absolute Gasteiger partial charge is 0.390 e. The van der Waals surface area contributed by atoms with E-state index >= 15 is 0 Å². The third-order valence-corrected chi connectivity index (χ3v) is 6.43. The molecule has 0 radical (unpaired) electrons. The van der Waals surface area contributed by atoms with E-state index in [9.17, 15) is 22.4 Å². The summed E-state index contributed by atoms with van der Waals surface area (Å²) in [5.74, 6) is -0.653. The summed E-state index contributed by atoms with van der Waals surface area (Å²) < 4.78 is 64.9. The van der Waals surface area contributed by atoms with Crippen molar-refractivity contribution in [3.8, 4) is 22.8 Å². The molecule has 0 spiro atoms. The normalized spacial score (nSPS) is 13.3. The Morgan fingerprint density at radius 3 is 2.67 bits per heavy atom. The summed E-state index contributed by atoms with van der Waals surface area (Å²) in [6, 6.07) is 11.4. The minimum Gasteiger partial charge on any atom is -0.490 e. The lowest BCUT2D eigenvalue weighted by Gasteiger charge is -2.14. The van der Waals surface area contributed by atoms with Crippen molar-refractivity contribution in [3.63, 3.8) is 0 Å². The zero-order valence-corrected chi connectivity index (χ0v) is 21.8. The predicted octanol–water partition coefficient (Wildman–Crippen LogP) is 5.69. The highest BCUT2D eigenvalue weighted by molar-refractivity contribution is 5.96. The van der Waals surface area contributed by atoms with Gasteiger partial charge in [-0.1, -0.05) is 12.1 Å². The second-order valence-electron chi connectivity index (χ2n) is 9.56. The number of rotatable bonds is 10. The fourth-order valence-corrected chi connectivity index (χ4v) is 4.28. The summed E-state index contributed by atoms with van der Waals surface area (Å²) in [4.78, 5) is 17.0. The SMILES string of the molecule is COc1c(F)cccc1OCc1cc(NCCC(F)(F)F)c2ncc(-c3ccc(C(=O)NC4CC4)c(C)c3)n2n1. The van der Waals surface area contributed by atoms with Crippen LogP contribution in [0.4, 0.5) is 23.2 Å². The average Bonchev–Trinajstić information content (AvgIpc) is 3.61. The number of nitrogens with one attached hydrogen (secondary N) is 2. The lowest BCUT2D eigenvalue weighted by molar-refractivity contribution is -0.131. The zero-order chi connectivity index (χ0) is 28.4. The van der Waals surface area contributed by atoms with E-state index in [4.69, 9.17) is 9.47 Å². The Labute approximate surface area is 227 Å². The molecule has 0 aliphatic heterocycles. The maximum absolute atomic E-state index is 14.1. The van der Waals surface area contributed by atoms with Crippen molar-refractivity contribution in [1.29, 1.82) is 0 Å². The summed E-state index contributed by atoms with van der Waals surface area (Å²) >= 11 is 0. The third kappa shape index (κ3) is 6.11. The van der Waals surface area contributed by atoms with Crippen LogP contribution in [0.5, 0.6) is 11.5 Å². The van der Waals surface area contributed by atoms with Crippen molar-refractivity contribution >= 4 is 17.2 Å². The molecule has 5 rings (SSSR count). The van der Waals surface area contributed by atoms with E-state index in [2.05, 4.69) is 20.7 Å². The van der Waals surface area contributed by atoms with E-state index in [1.165, 1.54) is 29.8 Å². The number of amides is 1. The Hall–Kier alpha value is -4.35. The Kier molecular flexibility index (Phi) is 7.51. The number of aryl methyl sites for hydroxylation is 1. The number of aromatic nitrogens is 3. The van der Waals surface area contributed by atoms with Gasteiger partial charge < -0.3 is 20.1 Å². The van der Waals surface area contributed by atoms with Gasteiger partial charge in [0.1, 0.15) is 12.3 Å². The van der Waals surface area contributed by atoms with Crippen LogP contribution in [0, 0.1) is 12.7 Å². The predicted molar refractivity (Wildman–Crippen MR) is 140 cm³/mol. The number of carbonyl (C=O) groups is 1. The maximum atomic E-state index is 14.1. The first-order valence-corrected chi connectivity index (χ1v) is 12.7. The molecule has 0 atom stereocenters. The highest BCUT2D eigenvalue weighted by Crippen LogP contribution is 2.31. The molecule has 12 heteroatoms. The quantitative estimate of drug-likeness (QED) is 0.244. The maximum Gasteiger partial charge on any atom is 0.390 e. The Morgan fingerprint density at radius 1 is 1.18 bits per heavy atom. The number of fused-ring (bicyclic) bond motifs is 1. The van der Waals surface area contributed by atoms with Gasteiger partial charge in [-0.25, -0.2) is 13.9 Å². The van der Waals surface area contributed by atoms with Crippen LogP contribution in [0.15, 0.2) is 48.7 Å². The highest BCUT2D eigenvalue weighted by atomic mass is 19.4. The number of anilines is 1. The van der Waals surface area contributed by atoms with Crippen LogP contribution in [-0.4, -0.2) is 46.4 Å². The zero-order valence-electron chi connectivity index (χ0n) is 21.8. The molecule has 1 saturated carbocycles. The van der Waals surface area contributed by atoms with Gasteiger partial charge in [0.05, 0.1) is 31.1 Å². The first-order chi connectivity index (χ1) is 19.1. The van der Waals surface area contributed by atoms with Gasteiger partial charge in [-0.05, 0) is 55.7 Å². The molecule has 210 valence electrons. The molecule has 2 aromatic carbocycles. The number of ether oxygens (including phenoxy) is 2. The van der Waals surface area contributed by atoms with Gasteiger partial charge in [0.2, 0.25) is 0 Å². The van der Waals surface area contributed by atoms with Crippen molar-refractivity contribution in [1.82, 2.24) is 19.9 Å². The summed E-state index contributed by atoms with van der Waals surface area (Å²) in [7, 11) is 1.32. The number of imidazole rings is 1. The number of carbonyl (C=O) groups excluding carboxylic acids is 1. The molecule has 1 amide bonds. The largest absolute Gasteiger partial charge is 0.490 e. The minimum absolute atomic E-state index is 0.0725. The molecule has 2 heterocycles. The molecule has 8 nitrogen and oxygen atoms in total. The van der Waals surface area contributed by atoms with Gasteiger partial charge in [0, 0.05) is 23.7 Å². The fourth-order valence-electron chi connectivity index (χ4n) is 4.28. The highest BCUT2D eigenvalue weighted by Gasteiger charge is 2.27. The third-order valence-electron chi connectivity index (χ3n) is 6.43. The molecule has 4 aromatic rings. The Morgan fingerprint density at radius 2 is 1.98 bits per heavy atom. The van der Waals surface area contributed by atoms with Gasteiger partial charge in [0.15, 0.2) is 23.0 Å². The number of halogens is 4. The van der Waals surface area contributed by atoms with E-state index in [0.717, 1.165) is 18.4 Å². The van der Waals surface area contributed by atoms with Crippen molar-refractivity contribution in [2.75, 3.05) is 19.0 Å². The van der Waals surface area contributed by atoms with Gasteiger partial charge in [0.25, 0.3) is 5.91 Å². The Bertz CT molecular complexity index is 1550. The van der Waals surface area contributed by atoms with Crippen molar-refractivity contribution in [3.05, 3.63) is 71.3 Å². The molecule has 1 fully saturated rings. The number of hydrogen-bond acceptors (Lipinski definition) is 6. The van der Waals surface area contributed by atoms with Crippen LogP contribution >= 0.6 is 0 Å². The monoisotopic (exact) mass is 557 g/mol. The molecule has 2 aromatic heterocycles. The summed E-state index contributed by atoms with van der Waals surface area (Å²) in [5.41, 5.74) is 3.59. The lowest BCUT2D eigenvalue weighted by Crippen LogP contribution is -2.26. The van der Waals surface area contributed by atoms with Crippen LogP contribution in [0.25, 0.3) is 16.9 Å². The van der Waals surface area contributed by atoms with E-state index in [0.29, 0.717) is 33.8 Å².